The molecule has 0 unspecified atom stereocenters. The number of carbonyl (C=O) groups is 2. The Labute approximate surface area is 172 Å². The van der Waals surface area contributed by atoms with Crippen LogP contribution in [0.1, 0.15) is 31.8 Å². The minimum absolute atomic E-state index is 0.103. The van der Waals surface area contributed by atoms with Crippen molar-refractivity contribution in [3.63, 3.8) is 0 Å². The molecule has 6 heteroatoms. The minimum atomic E-state index is -0.199. The fourth-order valence-corrected chi connectivity index (χ4v) is 3.92. The van der Waals surface area contributed by atoms with E-state index in [-0.39, 0.29) is 11.8 Å². The number of benzene rings is 3. The first-order valence-corrected chi connectivity index (χ1v) is 10.1. The standard InChI is InChI=1S/C22H17ClN2O2S/c23-17-6-9-19(10-7-17)28-13-14-1-3-15(4-2-14)21(26)25-18-8-5-16-12-24-22(27)20(16)11-18/h1-11H,12-13H2,(H,24,27)(H,25,26). The summed E-state index contributed by atoms with van der Waals surface area (Å²) in [5.74, 6) is 0.507. The van der Waals surface area contributed by atoms with E-state index in [4.69, 9.17) is 11.6 Å². The summed E-state index contributed by atoms with van der Waals surface area (Å²) in [5.41, 5.74) is 3.89. The molecule has 1 aliphatic heterocycles. The maximum absolute atomic E-state index is 12.5. The fourth-order valence-electron chi connectivity index (χ4n) is 2.94. The molecule has 1 aliphatic rings. The predicted molar refractivity (Wildman–Crippen MR) is 113 cm³/mol. The van der Waals surface area contributed by atoms with Crippen LogP contribution >= 0.6 is 23.4 Å². The molecule has 0 radical (unpaired) electrons. The second kappa shape index (κ2) is 8.09. The first-order chi connectivity index (χ1) is 13.6. The van der Waals surface area contributed by atoms with Gasteiger partial charge >= 0.3 is 0 Å². The Hall–Kier alpha value is -2.76. The lowest BCUT2D eigenvalue weighted by Gasteiger charge is -2.08. The van der Waals surface area contributed by atoms with Crippen molar-refractivity contribution in [2.45, 2.75) is 17.2 Å². The SMILES string of the molecule is O=C(Nc1ccc2c(c1)C(=O)NC2)c1ccc(CSc2ccc(Cl)cc2)cc1. The topological polar surface area (TPSA) is 58.2 Å². The molecule has 0 fully saturated rings. The van der Waals surface area contributed by atoms with Crippen molar-refractivity contribution < 1.29 is 9.59 Å². The van der Waals surface area contributed by atoms with Crippen molar-refractivity contribution in [3.05, 3.63) is 94.0 Å². The summed E-state index contributed by atoms with van der Waals surface area (Å²) in [6, 6.07) is 20.7. The molecule has 0 bridgehead atoms. The molecule has 2 amide bonds. The number of fused-ring (bicyclic) bond motifs is 1. The Morgan fingerprint density at radius 3 is 2.54 bits per heavy atom. The van der Waals surface area contributed by atoms with E-state index in [2.05, 4.69) is 10.6 Å². The van der Waals surface area contributed by atoms with Crippen LogP contribution in [0.4, 0.5) is 5.69 Å². The third kappa shape index (κ3) is 4.21. The van der Waals surface area contributed by atoms with Gasteiger partial charge in [-0.25, -0.2) is 0 Å². The van der Waals surface area contributed by atoms with E-state index >= 15 is 0 Å². The van der Waals surface area contributed by atoms with E-state index in [0.717, 1.165) is 26.8 Å². The average molecular weight is 409 g/mol. The highest BCUT2D eigenvalue weighted by atomic mass is 35.5. The zero-order valence-corrected chi connectivity index (χ0v) is 16.4. The van der Waals surface area contributed by atoms with Crippen molar-refractivity contribution in [1.82, 2.24) is 5.32 Å². The first kappa shape index (κ1) is 18.6. The normalized spacial score (nSPS) is 12.4. The summed E-state index contributed by atoms with van der Waals surface area (Å²) in [4.78, 5) is 25.4. The molecule has 3 aromatic rings. The van der Waals surface area contributed by atoms with Gasteiger partial charge < -0.3 is 10.6 Å². The lowest BCUT2D eigenvalue weighted by atomic mass is 10.1. The molecule has 0 atom stereocenters. The molecule has 0 spiro atoms. The molecular weight excluding hydrogens is 392 g/mol. The lowest BCUT2D eigenvalue weighted by molar-refractivity contribution is 0.0964. The quantitative estimate of drug-likeness (QED) is 0.575. The Balaban J connectivity index is 1.38. The zero-order valence-electron chi connectivity index (χ0n) is 14.9. The monoisotopic (exact) mass is 408 g/mol. The minimum Gasteiger partial charge on any atom is -0.348 e. The van der Waals surface area contributed by atoms with Crippen LogP contribution in [0, 0.1) is 0 Å². The molecule has 140 valence electrons. The summed E-state index contributed by atoms with van der Waals surface area (Å²) in [6.45, 7) is 0.540. The molecule has 4 rings (SSSR count). The molecule has 4 nitrogen and oxygen atoms in total. The molecular formula is C22H17ClN2O2S. The molecule has 0 aliphatic carbocycles. The van der Waals surface area contributed by atoms with Crippen LogP contribution in [-0.2, 0) is 12.3 Å². The van der Waals surface area contributed by atoms with Crippen LogP contribution in [0.2, 0.25) is 5.02 Å². The number of thioether (sulfide) groups is 1. The molecule has 2 N–H and O–H groups in total. The van der Waals surface area contributed by atoms with Crippen molar-refractivity contribution in [1.29, 1.82) is 0 Å². The van der Waals surface area contributed by atoms with Crippen LogP contribution in [0.15, 0.2) is 71.6 Å². The number of nitrogens with one attached hydrogen (secondary N) is 2. The summed E-state index contributed by atoms with van der Waals surface area (Å²) >= 11 is 7.62. The van der Waals surface area contributed by atoms with Crippen molar-refractivity contribution in [2.75, 3.05) is 5.32 Å². The summed E-state index contributed by atoms with van der Waals surface area (Å²) in [6.07, 6.45) is 0. The van der Waals surface area contributed by atoms with Crippen LogP contribution in [-0.4, -0.2) is 11.8 Å². The Morgan fingerprint density at radius 2 is 1.79 bits per heavy atom. The van der Waals surface area contributed by atoms with Gasteiger partial charge in [-0.3, -0.25) is 9.59 Å². The van der Waals surface area contributed by atoms with E-state index in [1.807, 2.05) is 60.7 Å². The number of anilines is 1. The average Bonchev–Trinajstić information content (AvgIpc) is 3.08. The zero-order chi connectivity index (χ0) is 19.5. The smallest absolute Gasteiger partial charge is 0.255 e. The van der Waals surface area contributed by atoms with E-state index in [9.17, 15) is 9.59 Å². The van der Waals surface area contributed by atoms with E-state index in [0.29, 0.717) is 23.4 Å². The molecule has 0 aromatic heterocycles. The van der Waals surface area contributed by atoms with Crippen LogP contribution in [0.25, 0.3) is 0 Å². The van der Waals surface area contributed by atoms with Crippen LogP contribution < -0.4 is 10.6 Å². The van der Waals surface area contributed by atoms with Gasteiger partial charge in [-0.05, 0) is 59.7 Å². The maximum atomic E-state index is 12.5. The van der Waals surface area contributed by atoms with Gasteiger partial charge in [0, 0.05) is 39.0 Å². The highest BCUT2D eigenvalue weighted by Gasteiger charge is 2.19. The number of halogens is 1. The van der Waals surface area contributed by atoms with Gasteiger partial charge in [0.15, 0.2) is 0 Å². The van der Waals surface area contributed by atoms with Gasteiger partial charge in [0.25, 0.3) is 11.8 Å². The van der Waals surface area contributed by atoms with Crippen molar-refractivity contribution >= 4 is 40.9 Å². The van der Waals surface area contributed by atoms with Gasteiger partial charge in [-0.15, -0.1) is 11.8 Å². The molecule has 0 saturated carbocycles. The highest BCUT2D eigenvalue weighted by molar-refractivity contribution is 7.98. The van der Waals surface area contributed by atoms with Gasteiger partial charge in [-0.2, -0.15) is 0 Å². The Bertz CT molecular complexity index is 1030. The molecule has 0 saturated heterocycles. The molecule has 1 heterocycles. The third-order valence-corrected chi connectivity index (χ3v) is 5.82. The summed E-state index contributed by atoms with van der Waals surface area (Å²) < 4.78 is 0. The summed E-state index contributed by atoms with van der Waals surface area (Å²) in [5, 5.41) is 6.35. The Morgan fingerprint density at radius 1 is 1.04 bits per heavy atom. The number of hydrogen-bond donors (Lipinski definition) is 2. The Kier molecular flexibility index (Phi) is 5.37. The number of hydrogen-bond acceptors (Lipinski definition) is 3. The second-order valence-corrected chi connectivity index (χ2v) is 7.93. The fraction of sp³-hybridized carbons (Fsp3) is 0.0909. The van der Waals surface area contributed by atoms with E-state index < -0.39 is 0 Å². The van der Waals surface area contributed by atoms with Gasteiger partial charge in [0.2, 0.25) is 0 Å². The van der Waals surface area contributed by atoms with E-state index in [1.165, 1.54) is 0 Å². The van der Waals surface area contributed by atoms with Gasteiger partial charge in [-0.1, -0.05) is 29.8 Å². The largest absolute Gasteiger partial charge is 0.348 e. The molecule has 3 aromatic carbocycles. The van der Waals surface area contributed by atoms with Gasteiger partial charge in [0.05, 0.1) is 0 Å². The van der Waals surface area contributed by atoms with E-state index in [1.54, 1.807) is 17.8 Å². The number of carbonyl (C=O) groups excluding carboxylic acids is 2. The number of rotatable bonds is 5. The highest BCUT2D eigenvalue weighted by Crippen LogP contribution is 2.25. The third-order valence-electron chi connectivity index (χ3n) is 4.49. The number of amides is 2. The van der Waals surface area contributed by atoms with Crippen molar-refractivity contribution in [3.8, 4) is 0 Å². The predicted octanol–water partition coefficient (Wildman–Crippen LogP) is 5.13. The van der Waals surface area contributed by atoms with Crippen LogP contribution in [0.3, 0.4) is 0 Å². The van der Waals surface area contributed by atoms with Crippen molar-refractivity contribution in [2.24, 2.45) is 0 Å². The molecule has 28 heavy (non-hydrogen) atoms. The second-order valence-electron chi connectivity index (χ2n) is 6.45. The summed E-state index contributed by atoms with van der Waals surface area (Å²) in [7, 11) is 0. The lowest BCUT2D eigenvalue weighted by Crippen LogP contribution is -2.14. The van der Waals surface area contributed by atoms with Crippen LogP contribution in [0.5, 0.6) is 0 Å². The maximum Gasteiger partial charge on any atom is 0.255 e. The van der Waals surface area contributed by atoms with Gasteiger partial charge in [0.1, 0.15) is 0 Å². The first-order valence-electron chi connectivity index (χ1n) is 8.78.